The smallest absolute Gasteiger partial charge is 0.347 e. The molecule has 2 rings (SSSR count). The van der Waals surface area contributed by atoms with Crippen LogP contribution in [0.4, 0.5) is 0 Å². The van der Waals surface area contributed by atoms with Gasteiger partial charge in [-0.05, 0) is 12.5 Å². The molecule has 4 heteroatoms. The van der Waals surface area contributed by atoms with Crippen LogP contribution in [0.15, 0.2) is 39.5 Å². The average molecular weight is 244 g/mol. The number of ether oxygens (including phenoxy) is 1. The third-order valence-electron chi connectivity index (χ3n) is 2.59. The van der Waals surface area contributed by atoms with Crippen LogP contribution in [0.2, 0.25) is 0 Å². The lowest BCUT2D eigenvalue weighted by atomic mass is 10.1. The van der Waals surface area contributed by atoms with E-state index in [0.717, 1.165) is 6.29 Å². The second-order valence-corrected chi connectivity index (χ2v) is 3.83. The van der Waals surface area contributed by atoms with Gasteiger partial charge >= 0.3 is 5.63 Å². The zero-order valence-corrected chi connectivity index (χ0v) is 10.1. The summed E-state index contributed by atoms with van der Waals surface area (Å²) in [5.41, 5.74) is 1.12. The summed E-state index contributed by atoms with van der Waals surface area (Å²) in [6.45, 7) is 1.68. The molecule has 0 N–H and O–H groups in total. The van der Waals surface area contributed by atoms with Gasteiger partial charge in [0, 0.05) is 11.6 Å². The van der Waals surface area contributed by atoms with Crippen LogP contribution >= 0.6 is 0 Å². The van der Waals surface area contributed by atoms with Gasteiger partial charge in [0.15, 0.2) is 0 Å². The number of methoxy groups -OCH3 is 1. The van der Waals surface area contributed by atoms with Gasteiger partial charge in [-0.15, -0.1) is 0 Å². The maximum atomic E-state index is 11.9. The van der Waals surface area contributed by atoms with Crippen molar-refractivity contribution in [2.24, 2.45) is 0 Å². The number of benzene rings is 1. The van der Waals surface area contributed by atoms with E-state index >= 15 is 0 Å². The number of hydrogen-bond acceptors (Lipinski definition) is 4. The molecule has 92 valence electrons. The summed E-state index contributed by atoms with van der Waals surface area (Å²) in [7, 11) is 1.50. The molecule has 0 amide bonds. The van der Waals surface area contributed by atoms with Crippen molar-refractivity contribution in [2.75, 3.05) is 7.11 Å². The van der Waals surface area contributed by atoms with E-state index in [9.17, 15) is 9.59 Å². The van der Waals surface area contributed by atoms with Crippen LogP contribution in [0.1, 0.15) is 16.1 Å². The minimum atomic E-state index is -0.453. The van der Waals surface area contributed by atoms with Gasteiger partial charge in [0.2, 0.25) is 0 Å². The molecule has 0 spiro atoms. The van der Waals surface area contributed by atoms with Crippen LogP contribution in [0.3, 0.4) is 0 Å². The van der Waals surface area contributed by atoms with Crippen LogP contribution in [0.5, 0.6) is 5.75 Å². The van der Waals surface area contributed by atoms with E-state index in [0.29, 0.717) is 28.2 Å². The van der Waals surface area contributed by atoms with Crippen molar-refractivity contribution in [3.8, 4) is 16.9 Å². The number of carbonyl (C=O) groups is 1. The van der Waals surface area contributed by atoms with Crippen LogP contribution in [0, 0.1) is 6.92 Å². The van der Waals surface area contributed by atoms with E-state index < -0.39 is 5.63 Å². The second-order valence-electron chi connectivity index (χ2n) is 3.83. The van der Waals surface area contributed by atoms with Crippen LogP contribution in [-0.2, 0) is 0 Å². The molecule has 2 aromatic rings. The standard InChI is InChI=1S/C14H12O4/c1-9-7-12(17-2)13(14(16)18-9)11-5-3-10(8-15)4-6-11/h3-8H,1-2H3. The largest absolute Gasteiger partial charge is 0.496 e. The minimum Gasteiger partial charge on any atom is -0.496 e. The molecule has 0 aliphatic carbocycles. The number of hydrogen-bond donors (Lipinski definition) is 0. The third-order valence-corrected chi connectivity index (χ3v) is 2.59. The third kappa shape index (κ3) is 2.18. The first-order valence-corrected chi connectivity index (χ1v) is 5.40. The lowest BCUT2D eigenvalue weighted by Gasteiger charge is -2.07. The second kappa shape index (κ2) is 4.87. The molecule has 0 unspecified atom stereocenters. The monoisotopic (exact) mass is 244 g/mol. The Morgan fingerprint density at radius 1 is 1.22 bits per heavy atom. The first-order valence-electron chi connectivity index (χ1n) is 5.40. The van der Waals surface area contributed by atoms with E-state index in [-0.39, 0.29) is 0 Å². The molecule has 1 aromatic carbocycles. The van der Waals surface area contributed by atoms with Crippen LogP contribution < -0.4 is 10.4 Å². The van der Waals surface area contributed by atoms with Gasteiger partial charge in [-0.2, -0.15) is 0 Å². The molecule has 0 atom stereocenters. The highest BCUT2D eigenvalue weighted by Gasteiger charge is 2.13. The summed E-state index contributed by atoms with van der Waals surface area (Å²) in [6.07, 6.45) is 0.749. The van der Waals surface area contributed by atoms with Gasteiger partial charge in [0.25, 0.3) is 0 Å². The molecule has 0 radical (unpaired) electrons. The van der Waals surface area contributed by atoms with Crippen molar-refractivity contribution in [2.45, 2.75) is 6.92 Å². The highest BCUT2D eigenvalue weighted by atomic mass is 16.5. The summed E-state index contributed by atoms with van der Waals surface area (Å²) in [6, 6.07) is 8.31. The Kier molecular flexibility index (Phi) is 3.28. The fourth-order valence-electron chi connectivity index (χ4n) is 1.73. The van der Waals surface area contributed by atoms with E-state index in [1.165, 1.54) is 7.11 Å². The molecule has 0 bridgehead atoms. The van der Waals surface area contributed by atoms with E-state index in [4.69, 9.17) is 9.15 Å². The maximum absolute atomic E-state index is 11.9. The van der Waals surface area contributed by atoms with Crippen molar-refractivity contribution in [1.82, 2.24) is 0 Å². The zero-order valence-electron chi connectivity index (χ0n) is 10.1. The molecule has 0 fully saturated rings. The molecule has 1 heterocycles. The fourth-order valence-corrected chi connectivity index (χ4v) is 1.73. The van der Waals surface area contributed by atoms with Gasteiger partial charge in [-0.3, -0.25) is 4.79 Å². The topological polar surface area (TPSA) is 56.5 Å². The molecule has 4 nitrogen and oxygen atoms in total. The molecule has 18 heavy (non-hydrogen) atoms. The average Bonchev–Trinajstić information content (AvgIpc) is 2.38. The van der Waals surface area contributed by atoms with Crippen molar-refractivity contribution in [3.05, 3.63) is 52.1 Å². The summed E-state index contributed by atoms with van der Waals surface area (Å²) in [5, 5.41) is 0. The summed E-state index contributed by atoms with van der Waals surface area (Å²) >= 11 is 0. The Balaban J connectivity index is 2.62. The van der Waals surface area contributed by atoms with E-state index in [2.05, 4.69) is 0 Å². The molecular formula is C14H12O4. The molecule has 0 saturated carbocycles. The Bertz CT molecular complexity index is 623. The number of aryl methyl sites for hydroxylation is 1. The van der Waals surface area contributed by atoms with E-state index in [1.807, 2.05) is 0 Å². The Labute approximate surface area is 104 Å². The van der Waals surface area contributed by atoms with E-state index in [1.54, 1.807) is 37.3 Å². The Hall–Kier alpha value is -2.36. The quantitative estimate of drug-likeness (QED) is 0.778. The van der Waals surface area contributed by atoms with Crippen LogP contribution in [0.25, 0.3) is 11.1 Å². The van der Waals surface area contributed by atoms with Gasteiger partial charge in [0.1, 0.15) is 23.4 Å². The predicted molar refractivity (Wildman–Crippen MR) is 67.1 cm³/mol. The van der Waals surface area contributed by atoms with Crippen molar-refractivity contribution in [1.29, 1.82) is 0 Å². The van der Waals surface area contributed by atoms with Gasteiger partial charge < -0.3 is 9.15 Å². The van der Waals surface area contributed by atoms with Gasteiger partial charge in [-0.25, -0.2) is 4.79 Å². The highest BCUT2D eigenvalue weighted by molar-refractivity contribution is 5.77. The first-order chi connectivity index (χ1) is 8.65. The highest BCUT2D eigenvalue weighted by Crippen LogP contribution is 2.27. The minimum absolute atomic E-state index is 0.362. The Morgan fingerprint density at radius 3 is 2.44 bits per heavy atom. The number of rotatable bonds is 3. The fraction of sp³-hybridized carbons (Fsp3) is 0.143. The normalized spacial score (nSPS) is 10.1. The molecule has 0 aliphatic heterocycles. The van der Waals surface area contributed by atoms with Gasteiger partial charge in [0.05, 0.1) is 7.11 Å². The van der Waals surface area contributed by atoms with Crippen molar-refractivity contribution >= 4 is 6.29 Å². The molecule has 0 aliphatic rings. The SMILES string of the molecule is COc1cc(C)oc(=O)c1-c1ccc(C=O)cc1. The van der Waals surface area contributed by atoms with Gasteiger partial charge in [-0.1, -0.05) is 24.3 Å². The van der Waals surface area contributed by atoms with Crippen LogP contribution in [-0.4, -0.2) is 13.4 Å². The molecular weight excluding hydrogens is 232 g/mol. The summed E-state index contributed by atoms with van der Waals surface area (Å²) < 4.78 is 10.2. The molecule has 0 saturated heterocycles. The maximum Gasteiger partial charge on any atom is 0.347 e. The van der Waals surface area contributed by atoms with Crippen molar-refractivity contribution < 1.29 is 13.9 Å². The zero-order chi connectivity index (χ0) is 13.1. The van der Waals surface area contributed by atoms with Crippen molar-refractivity contribution in [3.63, 3.8) is 0 Å². The lowest BCUT2D eigenvalue weighted by Crippen LogP contribution is -2.06. The number of aldehydes is 1. The molecule has 1 aromatic heterocycles. The number of carbonyl (C=O) groups excluding carboxylic acids is 1. The Morgan fingerprint density at radius 2 is 1.89 bits per heavy atom. The summed E-state index contributed by atoms with van der Waals surface area (Å²) in [5.74, 6) is 0.952. The first kappa shape index (κ1) is 12.1. The lowest BCUT2D eigenvalue weighted by molar-refractivity contribution is 0.112. The predicted octanol–water partition coefficient (Wildman–Crippen LogP) is 2.44. The summed E-state index contributed by atoms with van der Waals surface area (Å²) in [4.78, 5) is 22.4.